The van der Waals surface area contributed by atoms with Crippen molar-refractivity contribution in [1.29, 1.82) is 0 Å². The molecule has 21 heavy (non-hydrogen) atoms. The number of rotatable bonds is 5. The second-order valence-corrected chi connectivity index (χ2v) is 5.39. The number of aromatic nitrogens is 2. The van der Waals surface area contributed by atoms with Crippen LogP contribution in [0.3, 0.4) is 0 Å². The van der Waals surface area contributed by atoms with Gasteiger partial charge in [-0.1, -0.05) is 12.1 Å². The van der Waals surface area contributed by atoms with Crippen molar-refractivity contribution in [3.05, 3.63) is 41.4 Å². The predicted molar refractivity (Wildman–Crippen MR) is 85.0 cm³/mol. The Bertz CT molecular complexity index is 741. The molecule has 108 valence electrons. The Morgan fingerprint density at radius 1 is 1.24 bits per heavy atom. The van der Waals surface area contributed by atoms with Crippen molar-refractivity contribution in [3.8, 4) is 17.0 Å². The molecule has 3 rings (SSSR count). The van der Waals surface area contributed by atoms with Crippen LogP contribution in [0.5, 0.6) is 5.75 Å². The van der Waals surface area contributed by atoms with Crippen LogP contribution in [0.15, 0.2) is 35.8 Å². The van der Waals surface area contributed by atoms with Crippen molar-refractivity contribution in [2.45, 2.75) is 6.92 Å². The third-order valence-electron chi connectivity index (χ3n) is 3.28. The van der Waals surface area contributed by atoms with Crippen LogP contribution in [-0.4, -0.2) is 29.7 Å². The molecule has 0 saturated carbocycles. The van der Waals surface area contributed by atoms with Crippen molar-refractivity contribution in [2.24, 2.45) is 0 Å². The summed E-state index contributed by atoms with van der Waals surface area (Å²) in [5, 5.41) is 3.11. The van der Waals surface area contributed by atoms with Gasteiger partial charge in [-0.15, -0.1) is 0 Å². The van der Waals surface area contributed by atoms with E-state index in [9.17, 15) is 0 Å². The SMILES string of the molecule is COCCOc1cccc2c(C)cc(-c3cnsc3)nc12. The van der Waals surface area contributed by atoms with Crippen molar-refractivity contribution in [2.75, 3.05) is 20.3 Å². The molecule has 0 spiro atoms. The van der Waals surface area contributed by atoms with Crippen LogP contribution in [0, 0.1) is 6.92 Å². The van der Waals surface area contributed by atoms with Gasteiger partial charge in [-0.05, 0) is 36.2 Å². The molecule has 0 radical (unpaired) electrons. The average Bonchev–Trinajstić information content (AvgIpc) is 3.02. The number of fused-ring (bicyclic) bond motifs is 1. The molecule has 0 aliphatic carbocycles. The molecule has 2 heterocycles. The van der Waals surface area contributed by atoms with E-state index >= 15 is 0 Å². The molecule has 0 fully saturated rings. The average molecular weight is 300 g/mol. The highest BCUT2D eigenvalue weighted by atomic mass is 32.1. The van der Waals surface area contributed by atoms with E-state index in [4.69, 9.17) is 14.5 Å². The molecule has 1 aromatic carbocycles. The first-order valence-electron chi connectivity index (χ1n) is 6.71. The van der Waals surface area contributed by atoms with Crippen LogP contribution in [0.1, 0.15) is 5.56 Å². The van der Waals surface area contributed by atoms with E-state index < -0.39 is 0 Å². The zero-order valence-corrected chi connectivity index (χ0v) is 12.8. The molecule has 0 bridgehead atoms. The Kier molecular flexibility index (Phi) is 4.13. The Hall–Kier alpha value is -1.98. The number of ether oxygens (including phenoxy) is 2. The lowest BCUT2D eigenvalue weighted by molar-refractivity contribution is 0.147. The van der Waals surface area contributed by atoms with Crippen LogP contribution >= 0.6 is 11.5 Å². The number of para-hydroxylation sites is 1. The minimum Gasteiger partial charge on any atom is -0.489 e. The number of aryl methyl sites for hydroxylation is 1. The molecule has 0 aliphatic heterocycles. The molecule has 0 amide bonds. The van der Waals surface area contributed by atoms with E-state index in [2.05, 4.69) is 23.4 Å². The number of nitrogens with zero attached hydrogens (tertiary/aromatic N) is 2. The largest absolute Gasteiger partial charge is 0.489 e. The third-order valence-corrected chi connectivity index (χ3v) is 3.87. The number of hydrogen-bond acceptors (Lipinski definition) is 5. The van der Waals surface area contributed by atoms with Gasteiger partial charge in [0.25, 0.3) is 0 Å². The predicted octanol–water partition coefficient (Wildman–Crippen LogP) is 3.69. The smallest absolute Gasteiger partial charge is 0.145 e. The van der Waals surface area contributed by atoms with Crippen molar-refractivity contribution < 1.29 is 9.47 Å². The van der Waals surface area contributed by atoms with E-state index in [1.807, 2.05) is 23.7 Å². The van der Waals surface area contributed by atoms with Crippen LogP contribution in [0.4, 0.5) is 0 Å². The van der Waals surface area contributed by atoms with E-state index in [-0.39, 0.29) is 0 Å². The molecular formula is C16H16N2O2S. The summed E-state index contributed by atoms with van der Waals surface area (Å²) in [6, 6.07) is 8.09. The maximum Gasteiger partial charge on any atom is 0.145 e. The number of benzene rings is 1. The molecular weight excluding hydrogens is 284 g/mol. The van der Waals surface area contributed by atoms with Gasteiger partial charge in [0, 0.05) is 23.4 Å². The summed E-state index contributed by atoms with van der Waals surface area (Å²) < 4.78 is 15.0. The fourth-order valence-corrected chi connectivity index (χ4v) is 2.75. The van der Waals surface area contributed by atoms with E-state index in [1.54, 1.807) is 7.11 Å². The van der Waals surface area contributed by atoms with Gasteiger partial charge in [-0.2, -0.15) is 0 Å². The van der Waals surface area contributed by atoms with Crippen molar-refractivity contribution in [1.82, 2.24) is 9.36 Å². The molecule has 0 aliphatic rings. The first-order valence-corrected chi connectivity index (χ1v) is 7.55. The Morgan fingerprint density at radius 3 is 2.90 bits per heavy atom. The molecule has 0 saturated heterocycles. The summed E-state index contributed by atoms with van der Waals surface area (Å²) in [5.74, 6) is 0.790. The second kappa shape index (κ2) is 6.20. The molecule has 0 unspecified atom stereocenters. The maximum atomic E-state index is 5.79. The van der Waals surface area contributed by atoms with E-state index in [0.29, 0.717) is 13.2 Å². The standard InChI is InChI=1S/C16H16N2O2S/c1-11-8-14(12-9-17-21-10-12)18-16-13(11)4-3-5-15(16)20-7-6-19-2/h3-5,8-10H,6-7H2,1-2H3. The summed E-state index contributed by atoms with van der Waals surface area (Å²) in [6.07, 6.45) is 1.84. The lowest BCUT2D eigenvalue weighted by Crippen LogP contribution is -2.05. The zero-order chi connectivity index (χ0) is 14.7. The van der Waals surface area contributed by atoms with Gasteiger partial charge in [-0.25, -0.2) is 9.36 Å². The topological polar surface area (TPSA) is 44.2 Å². The number of pyridine rings is 1. The summed E-state index contributed by atoms with van der Waals surface area (Å²) in [4.78, 5) is 4.76. The minimum absolute atomic E-state index is 0.514. The van der Waals surface area contributed by atoms with Crippen molar-refractivity contribution >= 4 is 22.4 Å². The molecule has 0 N–H and O–H groups in total. The molecule has 2 aromatic heterocycles. The van der Waals surface area contributed by atoms with Gasteiger partial charge in [0.05, 0.1) is 18.5 Å². The normalized spacial score (nSPS) is 11.0. The Labute approximate surface area is 127 Å². The first-order chi connectivity index (χ1) is 10.3. The third kappa shape index (κ3) is 2.89. The molecule has 5 heteroatoms. The van der Waals surface area contributed by atoms with Gasteiger partial charge >= 0.3 is 0 Å². The van der Waals surface area contributed by atoms with Gasteiger partial charge < -0.3 is 9.47 Å². The fourth-order valence-electron chi connectivity index (χ4n) is 2.22. The number of hydrogen-bond donors (Lipinski definition) is 0. The lowest BCUT2D eigenvalue weighted by Gasteiger charge is -2.11. The van der Waals surface area contributed by atoms with Gasteiger partial charge in [0.1, 0.15) is 17.9 Å². The quantitative estimate of drug-likeness (QED) is 0.674. The monoisotopic (exact) mass is 300 g/mol. The fraction of sp³-hybridized carbons (Fsp3) is 0.250. The van der Waals surface area contributed by atoms with Crippen LogP contribution < -0.4 is 4.74 Å². The van der Waals surface area contributed by atoms with Crippen molar-refractivity contribution in [3.63, 3.8) is 0 Å². The van der Waals surface area contributed by atoms with E-state index in [0.717, 1.165) is 27.9 Å². The molecule has 0 atom stereocenters. The second-order valence-electron chi connectivity index (χ2n) is 4.73. The van der Waals surface area contributed by atoms with Gasteiger partial charge in [-0.3, -0.25) is 0 Å². The maximum absolute atomic E-state index is 5.79. The summed E-state index contributed by atoms with van der Waals surface area (Å²) in [5.41, 5.74) is 4.03. The Balaban J connectivity index is 2.08. The van der Waals surface area contributed by atoms with Crippen LogP contribution in [0.25, 0.3) is 22.2 Å². The molecule has 4 nitrogen and oxygen atoms in total. The van der Waals surface area contributed by atoms with E-state index in [1.165, 1.54) is 17.1 Å². The lowest BCUT2D eigenvalue weighted by atomic mass is 10.1. The minimum atomic E-state index is 0.514. The highest BCUT2D eigenvalue weighted by molar-refractivity contribution is 7.03. The number of methoxy groups -OCH3 is 1. The van der Waals surface area contributed by atoms with Gasteiger partial charge in [0.15, 0.2) is 0 Å². The highest BCUT2D eigenvalue weighted by Gasteiger charge is 2.10. The van der Waals surface area contributed by atoms with Crippen LogP contribution in [-0.2, 0) is 4.74 Å². The molecule has 3 aromatic rings. The summed E-state index contributed by atoms with van der Waals surface area (Å²) >= 11 is 1.43. The highest BCUT2D eigenvalue weighted by Crippen LogP contribution is 2.30. The van der Waals surface area contributed by atoms with Crippen LogP contribution in [0.2, 0.25) is 0 Å². The summed E-state index contributed by atoms with van der Waals surface area (Å²) in [7, 11) is 1.66. The summed E-state index contributed by atoms with van der Waals surface area (Å²) in [6.45, 7) is 3.16. The van der Waals surface area contributed by atoms with Gasteiger partial charge in [0.2, 0.25) is 0 Å². The Morgan fingerprint density at radius 2 is 2.14 bits per heavy atom. The zero-order valence-electron chi connectivity index (χ0n) is 12.0. The first kappa shape index (κ1) is 14.0.